The van der Waals surface area contributed by atoms with Crippen molar-refractivity contribution in [2.75, 3.05) is 0 Å². The SMILES string of the molecule is C1=Cc2cc3ccc(cc4nc(cc5ccc(cc1n2)[nH]5)-c1ccccc1-4)[nH]3.[In]. The van der Waals surface area contributed by atoms with E-state index in [1.165, 1.54) is 0 Å². The van der Waals surface area contributed by atoms with E-state index in [4.69, 9.17) is 4.98 Å². The first-order valence-electron chi connectivity index (χ1n) is 9.26. The Balaban J connectivity index is 0.00000181. The standard InChI is InChI=1S/C24H16N4.In/c1-2-4-22-21(3-1)23-13-19-9-7-17(26-19)11-15-5-6-16(25-15)12-18-8-10-20(27-18)14-24(22)28-23;/h1-14,26-27H;. The number of nitrogens with one attached hydrogen (secondary N) is 2. The first-order valence-corrected chi connectivity index (χ1v) is 9.26. The largest absolute Gasteiger partial charge is 0.355 e. The molecule has 6 rings (SSSR count). The van der Waals surface area contributed by atoms with Crippen molar-refractivity contribution >= 4 is 60.1 Å². The predicted octanol–water partition coefficient (Wildman–Crippen LogP) is 5.44. The second-order valence-corrected chi connectivity index (χ2v) is 7.04. The minimum atomic E-state index is 0. The minimum absolute atomic E-state index is 0. The third-order valence-electron chi connectivity index (χ3n) is 5.06. The molecule has 3 radical (unpaired) electrons. The Bertz CT molecular complexity index is 1320. The summed E-state index contributed by atoms with van der Waals surface area (Å²) in [5.74, 6) is 0. The van der Waals surface area contributed by atoms with Crippen LogP contribution in [0.3, 0.4) is 0 Å². The van der Waals surface area contributed by atoms with E-state index < -0.39 is 0 Å². The average molecular weight is 475 g/mol. The number of rotatable bonds is 0. The first kappa shape index (κ1) is 18.0. The zero-order chi connectivity index (χ0) is 18.5. The van der Waals surface area contributed by atoms with E-state index in [1.54, 1.807) is 0 Å². The number of hydrogen-bond donors (Lipinski definition) is 2. The number of nitrogens with zero attached hydrogens (tertiary/aromatic N) is 2. The maximum absolute atomic E-state index is 4.91. The van der Waals surface area contributed by atoms with Gasteiger partial charge in [0.15, 0.2) is 0 Å². The topological polar surface area (TPSA) is 57.4 Å². The zero-order valence-corrected chi connectivity index (χ0v) is 18.9. The van der Waals surface area contributed by atoms with Gasteiger partial charge in [0.1, 0.15) is 0 Å². The summed E-state index contributed by atoms with van der Waals surface area (Å²) < 4.78 is 0. The smallest absolute Gasteiger partial charge is 0.0737 e. The molecule has 0 saturated heterocycles. The van der Waals surface area contributed by atoms with E-state index >= 15 is 0 Å². The van der Waals surface area contributed by atoms with Crippen molar-refractivity contribution in [3.05, 3.63) is 84.2 Å². The molecule has 0 atom stereocenters. The molecule has 3 aromatic heterocycles. The number of aromatic amines is 2. The molecular weight excluding hydrogens is 459 g/mol. The van der Waals surface area contributed by atoms with Crippen LogP contribution in [0.25, 0.3) is 56.7 Å². The molecule has 4 aromatic rings. The number of H-pyrrole nitrogens is 2. The summed E-state index contributed by atoms with van der Waals surface area (Å²) in [5.41, 5.74) is 10.2. The second-order valence-electron chi connectivity index (χ2n) is 7.04. The molecule has 0 spiro atoms. The summed E-state index contributed by atoms with van der Waals surface area (Å²) in [4.78, 5) is 16.5. The summed E-state index contributed by atoms with van der Waals surface area (Å²) in [6.07, 6.45) is 4.06. The molecule has 8 bridgehead atoms. The van der Waals surface area contributed by atoms with Gasteiger partial charge in [-0.25, -0.2) is 9.97 Å². The Morgan fingerprint density at radius 3 is 1.45 bits per heavy atom. The van der Waals surface area contributed by atoms with Gasteiger partial charge >= 0.3 is 0 Å². The summed E-state index contributed by atoms with van der Waals surface area (Å²) in [5, 5.41) is 0. The van der Waals surface area contributed by atoms with Gasteiger partial charge in [-0.05, 0) is 60.7 Å². The first-order chi connectivity index (χ1) is 13.8. The minimum Gasteiger partial charge on any atom is -0.355 e. The van der Waals surface area contributed by atoms with Crippen LogP contribution in [0.15, 0.2) is 72.8 Å². The van der Waals surface area contributed by atoms with Crippen LogP contribution in [0.1, 0.15) is 11.4 Å². The summed E-state index contributed by atoms with van der Waals surface area (Å²) >= 11 is 0. The molecule has 1 aromatic carbocycles. The molecule has 0 saturated carbocycles. The van der Waals surface area contributed by atoms with Crippen LogP contribution >= 0.6 is 0 Å². The van der Waals surface area contributed by atoms with Crippen molar-refractivity contribution in [3.63, 3.8) is 0 Å². The van der Waals surface area contributed by atoms with Crippen molar-refractivity contribution in [2.24, 2.45) is 0 Å². The molecule has 0 fully saturated rings. The molecular formula is C24H16InN4. The van der Waals surface area contributed by atoms with Crippen molar-refractivity contribution in [1.82, 2.24) is 19.9 Å². The van der Waals surface area contributed by atoms with E-state index in [0.717, 1.165) is 56.0 Å². The molecule has 2 N–H and O–H groups in total. The van der Waals surface area contributed by atoms with E-state index in [0.29, 0.717) is 0 Å². The Morgan fingerprint density at radius 2 is 0.966 bits per heavy atom. The molecule has 2 aliphatic heterocycles. The molecule has 0 aliphatic carbocycles. The van der Waals surface area contributed by atoms with Crippen molar-refractivity contribution in [2.45, 2.75) is 0 Å². The molecule has 5 heterocycles. The van der Waals surface area contributed by atoms with Gasteiger partial charge in [-0.2, -0.15) is 0 Å². The summed E-state index contributed by atoms with van der Waals surface area (Å²) in [6.45, 7) is 0. The van der Waals surface area contributed by atoms with Crippen molar-refractivity contribution in [1.29, 1.82) is 0 Å². The van der Waals surface area contributed by atoms with E-state index in [-0.39, 0.29) is 25.8 Å². The van der Waals surface area contributed by atoms with Gasteiger partial charge in [-0.1, -0.05) is 24.3 Å². The van der Waals surface area contributed by atoms with Crippen LogP contribution in [-0.4, -0.2) is 45.8 Å². The van der Waals surface area contributed by atoms with Crippen molar-refractivity contribution < 1.29 is 0 Å². The number of aromatic nitrogens is 4. The van der Waals surface area contributed by atoms with E-state index in [9.17, 15) is 0 Å². The Morgan fingerprint density at radius 1 is 0.517 bits per heavy atom. The molecule has 0 unspecified atom stereocenters. The third-order valence-corrected chi connectivity index (χ3v) is 5.06. The zero-order valence-electron chi connectivity index (χ0n) is 15.6. The maximum atomic E-state index is 4.91. The molecule has 29 heavy (non-hydrogen) atoms. The van der Waals surface area contributed by atoms with Gasteiger partial charge in [0, 0.05) is 59.0 Å². The average Bonchev–Trinajstić information content (AvgIpc) is 3.47. The van der Waals surface area contributed by atoms with Gasteiger partial charge in [0.25, 0.3) is 0 Å². The normalized spacial score (nSPS) is 11.7. The Labute approximate surface area is 186 Å². The third kappa shape index (κ3) is 3.32. The number of fused-ring (bicyclic) bond motifs is 11. The van der Waals surface area contributed by atoms with Crippen LogP contribution in [0.4, 0.5) is 0 Å². The quantitative estimate of drug-likeness (QED) is 0.308. The van der Waals surface area contributed by atoms with Gasteiger partial charge in [-0.3, -0.25) is 0 Å². The van der Waals surface area contributed by atoms with Gasteiger partial charge in [0.2, 0.25) is 0 Å². The summed E-state index contributed by atoms with van der Waals surface area (Å²) in [6, 6.07) is 24.9. The number of benzene rings is 1. The van der Waals surface area contributed by atoms with E-state index in [2.05, 4.69) is 87.7 Å². The predicted molar refractivity (Wildman–Crippen MR) is 120 cm³/mol. The van der Waals surface area contributed by atoms with Gasteiger partial charge < -0.3 is 9.97 Å². The second kappa shape index (κ2) is 7.08. The monoisotopic (exact) mass is 475 g/mol. The molecule has 4 nitrogen and oxygen atoms in total. The fourth-order valence-corrected chi connectivity index (χ4v) is 3.76. The van der Waals surface area contributed by atoms with Crippen LogP contribution in [0.5, 0.6) is 0 Å². The van der Waals surface area contributed by atoms with Gasteiger partial charge in [0.05, 0.1) is 22.8 Å². The van der Waals surface area contributed by atoms with E-state index in [1.807, 2.05) is 12.2 Å². The van der Waals surface area contributed by atoms with Gasteiger partial charge in [-0.15, -0.1) is 0 Å². The van der Waals surface area contributed by atoms with Crippen molar-refractivity contribution in [3.8, 4) is 22.5 Å². The number of hydrogen-bond acceptors (Lipinski definition) is 2. The Hall–Kier alpha value is -3.05. The molecule has 0 amide bonds. The van der Waals surface area contributed by atoms with Crippen LogP contribution in [0, 0.1) is 0 Å². The van der Waals surface area contributed by atoms with Crippen LogP contribution in [0.2, 0.25) is 0 Å². The maximum Gasteiger partial charge on any atom is 0.0737 e. The fraction of sp³-hybridized carbons (Fsp3) is 0. The Kier molecular flexibility index (Phi) is 4.40. The summed E-state index contributed by atoms with van der Waals surface area (Å²) in [7, 11) is 0. The van der Waals surface area contributed by atoms with Crippen LogP contribution in [-0.2, 0) is 0 Å². The fourth-order valence-electron chi connectivity index (χ4n) is 3.76. The van der Waals surface area contributed by atoms with Crippen LogP contribution < -0.4 is 0 Å². The molecule has 5 heteroatoms. The molecule has 135 valence electrons. The molecule has 2 aliphatic rings.